The van der Waals surface area contributed by atoms with Gasteiger partial charge >= 0.3 is 18.0 Å². The molecule has 20 heavy (non-hydrogen) atoms. The Morgan fingerprint density at radius 3 is 2.45 bits per heavy atom. The van der Waals surface area contributed by atoms with Gasteiger partial charge in [0.15, 0.2) is 0 Å². The molecule has 0 fully saturated rings. The number of amides is 2. The number of nitrogens with zero attached hydrogens (tertiary/aromatic N) is 1. The number of aromatic carboxylic acids is 1. The summed E-state index contributed by atoms with van der Waals surface area (Å²) in [4.78, 5) is 35.4. The molecule has 0 spiro atoms. The lowest BCUT2D eigenvalue weighted by Gasteiger charge is -2.21. The molecule has 0 aliphatic carbocycles. The number of para-hydroxylation sites is 1. The molecule has 0 aliphatic rings. The molecule has 1 aromatic rings. The van der Waals surface area contributed by atoms with Gasteiger partial charge in [0, 0.05) is 7.05 Å². The third kappa shape index (κ3) is 3.47. The maximum absolute atomic E-state index is 12.0. The summed E-state index contributed by atoms with van der Waals surface area (Å²) in [6.45, 7) is 1.47. The Hall–Kier alpha value is -2.57. The maximum atomic E-state index is 12.0. The lowest BCUT2D eigenvalue weighted by atomic mass is 10.1. The number of urea groups is 1. The van der Waals surface area contributed by atoms with Crippen LogP contribution in [0.15, 0.2) is 24.3 Å². The highest BCUT2D eigenvalue weighted by Gasteiger charge is 2.21. The molecule has 1 rings (SSSR count). The van der Waals surface area contributed by atoms with E-state index in [9.17, 15) is 14.4 Å². The summed E-state index contributed by atoms with van der Waals surface area (Å²) < 4.78 is 4.49. The van der Waals surface area contributed by atoms with Gasteiger partial charge in [-0.25, -0.2) is 14.4 Å². The SMILES string of the molecule is COC(=O)C(C)NC(=O)N(C)c1ccccc1C(=O)O. The first-order valence-corrected chi connectivity index (χ1v) is 5.82. The summed E-state index contributed by atoms with van der Waals surface area (Å²) in [6, 6.07) is 4.66. The highest BCUT2D eigenvalue weighted by molar-refractivity contribution is 6.01. The second-order valence-electron chi connectivity index (χ2n) is 4.08. The Morgan fingerprint density at radius 2 is 1.90 bits per heavy atom. The molecule has 2 amide bonds. The van der Waals surface area contributed by atoms with E-state index in [0.29, 0.717) is 0 Å². The summed E-state index contributed by atoms with van der Waals surface area (Å²) in [7, 11) is 2.63. The van der Waals surface area contributed by atoms with Crippen molar-refractivity contribution in [3.8, 4) is 0 Å². The van der Waals surface area contributed by atoms with E-state index in [0.717, 1.165) is 4.90 Å². The number of carbonyl (C=O) groups is 3. The Labute approximate surface area is 116 Å². The number of hydrogen-bond donors (Lipinski definition) is 2. The first kappa shape index (κ1) is 15.5. The van der Waals surface area contributed by atoms with Crippen LogP contribution >= 0.6 is 0 Å². The number of carboxylic acid groups (broad SMARTS) is 1. The molecule has 7 heteroatoms. The third-order valence-electron chi connectivity index (χ3n) is 2.70. The molecule has 0 aromatic heterocycles. The van der Waals surface area contributed by atoms with Gasteiger partial charge in [0.2, 0.25) is 0 Å². The highest BCUT2D eigenvalue weighted by Crippen LogP contribution is 2.19. The van der Waals surface area contributed by atoms with Gasteiger partial charge < -0.3 is 15.2 Å². The number of carboxylic acids is 1. The lowest BCUT2D eigenvalue weighted by molar-refractivity contribution is -0.142. The van der Waals surface area contributed by atoms with Crippen molar-refractivity contribution in [1.29, 1.82) is 0 Å². The van der Waals surface area contributed by atoms with E-state index in [-0.39, 0.29) is 11.3 Å². The minimum atomic E-state index is -1.14. The molecule has 0 saturated carbocycles. The van der Waals surface area contributed by atoms with Crippen LogP contribution in [0.5, 0.6) is 0 Å². The molecule has 0 saturated heterocycles. The highest BCUT2D eigenvalue weighted by atomic mass is 16.5. The van der Waals surface area contributed by atoms with E-state index in [4.69, 9.17) is 5.11 Å². The van der Waals surface area contributed by atoms with Gasteiger partial charge in [-0.2, -0.15) is 0 Å². The van der Waals surface area contributed by atoms with Crippen molar-refractivity contribution < 1.29 is 24.2 Å². The van der Waals surface area contributed by atoms with Crippen molar-refractivity contribution in [2.45, 2.75) is 13.0 Å². The third-order valence-corrected chi connectivity index (χ3v) is 2.70. The van der Waals surface area contributed by atoms with E-state index >= 15 is 0 Å². The standard InChI is InChI=1S/C13H16N2O5/c1-8(12(18)20-3)14-13(19)15(2)10-7-5-4-6-9(10)11(16)17/h4-8H,1-3H3,(H,14,19)(H,16,17). The number of esters is 1. The molecule has 0 bridgehead atoms. The summed E-state index contributed by atoms with van der Waals surface area (Å²) >= 11 is 0. The second kappa shape index (κ2) is 6.55. The average Bonchev–Trinajstić information content (AvgIpc) is 2.45. The fourth-order valence-electron chi connectivity index (χ4n) is 1.57. The molecule has 1 aromatic carbocycles. The quantitative estimate of drug-likeness (QED) is 0.805. The van der Waals surface area contributed by atoms with Crippen molar-refractivity contribution in [2.75, 3.05) is 19.1 Å². The van der Waals surface area contributed by atoms with Crippen LogP contribution < -0.4 is 10.2 Å². The normalized spacial score (nSPS) is 11.3. The van der Waals surface area contributed by atoms with Gasteiger partial charge in [0.25, 0.3) is 0 Å². The number of hydrogen-bond acceptors (Lipinski definition) is 4. The molecule has 2 N–H and O–H groups in total. The van der Waals surface area contributed by atoms with Gasteiger partial charge in [-0.15, -0.1) is 0 Å². The molecule has 7 nitrogen and oxygen atoms in total. The predicted octanol–water partition coefficient (Wildman–Crippen LogP) is 1.09. The monoisotopic (exact) mass is 280 g/mol. The first-order valence-electron chi connectivity index (χ1n) is 5.82. The van der Waals surface area contributed by atoms with Crippen LogP contribution in [0.2, 0.25) is 0 Å². The zero-order chi connectivity index (χ0) is 15.3. The van der Waals surface area contributed by atoms with Gasteiger partial charge in [0.1, 0.15) is 6.04 Å². The Kier molecular flexibility index (Phi) is 5.08. The molecule has 1 atom stereocenters. The minimum absolute atomic E-state index is 0.00382. The van der Waals surface area contributed by atoms with Crippen LogP contribution in [0.25, 0.3) is 0 Å². The van der Waals surface area contributed by atoms with Crippen LogP contribution in [-0.2, 0) is 9.53 Å². The lowest BCUT2D eigenvalue weighted by Crippen LogP contribution is -2.46. The van der Waals surface area contributed by atoms with Crippen molar-refractivity contribution in [1.82, 2.24) is 5.32 Å². The van der Waals surface area contributed by atoms with E-state index in [1.54, 1.807) is 12.1 Å². The van der Waals surface area contributed by atoms with E-state index in [1.807, 2.05) is 0 Å². The zero-order valence-corrected chi connectivity index (χ0v) is 11.4. The van der Waals surface area contributed by atoms with E-state index in [2.05, 4.69) is 10.1 Å². The Balaban J connectivity index is 2.90. The fraction of sp³-hybridized carbons (Fsp3) is 0.308. The van der Waals surface area contributed by atoms with Crippen molar-refractivity contribution in [3.05, 3.63) is 29.8 Å². The Morgan fingerprint density at radius 1 is 1.30 bits per heavy atom. The van der Waals surface area contributed by atoms with Crippen LogP contribution in [0.1, 0.15) is 17.3 Å². The van der Waals surface area contributed by atoms with Crippen molar-refractivity contribution in [3.63, 3.8) is 0 Å². The second-order valence-corrected chi connectivity index (χ2v) is 4.08. The van der Waals surface area contributed by atoms with Gasteiger partial charge in [0.05, 0.1) is 18.4 Å². The summed E-state index contributed by atoms with van der Waals surface area (Å²) in [5.41, 5.74) is 0.227. The maximum Gasteiger partial charge on any atom is 0.337 e. The van der Waals surface area contributed by atoms with Crippen molar-refractivity contribution in [2.24, 2.45) is 0 Å². The van der Waals surface area contributed by atoms with Crippen LogP contribution in [-0.4, -0.2) is 43.3 Å². The summed E-state index contributed by atoms with van der Waals surface area (Å²) in [5, 5.41) is 11.5. The molecule has 108 valence electrons. The van der Waals surface area contributed by atoms with Crippen LogP contribution in [0.4, 0.5) is 10.5 Å². The number of methoxy groups -OCH3 is 1. The number of carbonyl (C=O) groups excluding carboxylic acids is 2. The van der Waals surface area contributed by atoms with E-state index < -0.39 is 24.0 Å². The zero-order valence-electron chi connectivity index (χ0n) is 11.4. The number of benzene rings is 1. The molecule has 1 unspecified atom stereocenters. The first-order chi connectivity index (χ1) is 9.38. The fourth-order valence-corrected chi connectivity index (χ4v) is 1.57. The number of rotatable bonds is 4. The molecule has 0 heterocycles. The number of anilines is 1. The molecule has 0 aliphatic heterocycles. The Bertz CT molecular complexity index is 529. The van der Waals surface area contributed by atoms with Gasteiger partial charge in [-0.3, -0.25) is 4.90 Å². The van der Waals surface area contributed by atoms with Crippen LogP contribution in [0, 0.1) is 0 Å². The van der Waals surface area contributed by atoms with Crippen LogP contribution in [0.3, 0.4) is 0 Å². The number of ether oxygens (including phenoxy) is 1. The smallest absolute Gasteiger partial charge is 0.337 e. The number of nitrogens with one attached hydrogen (secondary N) is 1. The predicted molar refractivity (Wildman–Crippen MR) is 71.8 cm³/mol. The average molecular weight is 280 g/mol. The van der Waals surface area contributed by atoms with Crippen molar-refractivity contribution >= 4 is 23.7 Å². The summed E-state index contributed by atoms with van der Waals surface area (Å²) in [6.07, 6.45) is 0. The van der Waals surface area contributed by atoms with Gasteiger partial charge in [-0.05, 0) is 19.1 Å². The summed E-state index contributed by atoms with van der Waals surface area (Å²) in [5.74, 6) is -1.72. The molecule has 0 radical (unpaired) electrons. The largest absolute Gasteiger partial charge is 0.478 e. The van der Waals surface area contributed by atoms with E-state index in [1.165, 1.54) is 33.2 Å². The van der Waals surface area contributed by atoms with Gasteiger partial charge in [-0.1, -0.05) is 12.1 Å². The molecular formula is C13H16N2O5. The molecular weight excluding hydrogens is 264 g/mol. The topological polar surface area (TPSA) is 95.9 Å². The minimum Gasteiger partial charge on any atom is -0.478 e.